The Kier molecular flexibility index (Phi) is 11.1. The lowest BCUT2D eigenvalue weighted by Gasteiger charge is -2.28. The van der Waals surface area contributed by atoms with Gasteiger partial charge in [0, 0.05) is 16.5 Å². The Hall–Kier alpha value is -2.85. The first-order valence-electron chi connectivity index (χ1n) is 15.1. The van der Waals surface area contributed by atoms with Crippen molar-refractivity contribution in [1.82, 2.24) is 0 Å². The Morgan fingerprint density at radius 2 is 1.47 bits per heavy atom. The number of benzene rings is 3. The zero-order valence-electron chi connectivity index (χ0n) is 23.4. The molecular formula is C37H45F. The van der Waals surface area contributed by atoms with E-state index in [0.29, 0.717) is 11.8 Å². The molecule has 0 saturated heterocycles. The maximum absolute atomic E-state index is 14.8. The Morgan fingerprint density at radius 3 is 2.21 bits per heavy atom. The van der Waals surface area contributed by atoms with E-state index in [9.17, 15) is 4.39 Å². The second-order valence-corrected chi connectivity index (χ2v) is 11.4. The van der Waals surface area contributed by atoms with Crippen LogP contribution in [0.25, 0.3) is 10.8 Å². The van der Waals surface area contributed by atoms with E-state index in [-0.39, 0.29) is 5.82 Å². The van der Waals surface area contributed by atoms with Crippen LogP contribution in [0.1, 0.15) is 106 Å². The first-order valence-corrected chi connectivity index (χ1v) is 15.1. The van der Waals surface area contributed by atoms with Crippen LogP contribution in [-0.4, -0.2) is 0 Å². The first kappa shape index (κ1) is 28.2. The van der Waals surface area contributed by atoms with Crippen molar-refractivity contribution >= 4 is 10.8 Å². The quantitative estimate of drug-likeness (QED) is 0.130. The molecule has 0 heterocycles. The van der Waals surface area contributed by atoms with Gasteiger partial charge in [-0.3, -0.25) is 0 Å². The number of unbranched alkanes of at least 4 members (excludes halogenated alkanes) is 4. The highest BCUT2D eigenvalue weighted by molar-refractivity contribution is 5.85. The van der Waals surface area contributed by atoms with Gasteiger partial charge in [-0.15, -0.1) is 6.58 Å². The Morgan fingerprint density at radius 1 is 0.789 bits per heavy atom. The van der Waals surface area contributed by atoms with Crippen molar-refractivity contribution in [2.75, 3.05) is 0 Å². The lowest BCUT2D eigenvalue weighted by Crippen LogP contribution is -2.15. The van der Waals surface area contributed by atoms with E-state index >= 15 is 0 Å². The maximum Gasteiger partial charge on any atom is 0.134 e. The summed E-state index contributed by atoms with van der Waals surface area (Å²) in [7, 11) is 0. The summed E-state index contributed by atoms with van der Waals surface area (Å²) >= 11 is 0. The van der Waals surface area contributed by atoms with Crippen LogP contribution in [0, 0.1) is 29.5 Å². The Balaban J connectivity index is 1.24. The van der Waals surface area contributed by atoms with Gasteiger partial charge in [0.15, 0.2) is 0 Å². The average Bonchev–Trinajstić information content (AvgIpc) is 2.96. The third kappa shape index (κ3) is 8.33. The standard InChI is InChI=1S/C37H45F/c1-3-5-7-8-9-10-29-12-14-30(15-13-29)16-17-31-18-20-32(21-19-31)22-23-33-24-27-36-35(28-33)26-25-34(37(36)38)11-6-4-2/h4,18-21,24-30H,2-3,5-17H2,1H3. The van der Waals surface area contributed by atoms with E-state index in [0.717, 1.165) is 40.3 Å². The molecule has 38 heavy (non-hydrogen) atoms. The van der Waals surface area contributed by atoms with Crippen molar-refractivity contribution in [3.63, 3.8) is 0 Å². The minimum absolute atomic E-state index is 0.120. The number of fused-ring (bicyclic) bond motifs is 1. The summed E-state index contributed by atoms with van der Waals surface area (Å²) in [6, 6.07) is 18.4. The Labute approximate surface area is 230 Å². The van der Waals surface area contributed by atoms with Crippen LogP contribution in [0.5, 0.6) is 0 Å². The topological polar surface area (TPSA) is 0 Å². The van der Waals surface area contributed by atoms with Gasteiger partial charge in [0.1, 0.15) is 5.82 Å². The molecule has 200 valence electrons. The molecule has 0 spiro atoms. The molecule has 0 unspecified atom stereocenters. The zero-order valence-corrected chi connectivity index (χ0v) is 23.4. The molecular weight excluding hydrogens is 463 g/mol. The number of halogens is 1. The van der Waals surface area contributed by atoms with Crippen LogP contribution in [0.15, 0.2) is 67.3 Å². The normalized spacial score (nSPS) is 17.2. The van der Waals surface area contributed by atoms with Gasteiger partial charge >= 0.3 is 0 Å². The van der Waals surface area contributed by atoms with Crippen LogP contribution in [0.2, 0.25) is 0 Å². The monoisotopic (exact) mass is 508 g/mol. The second-order valence-electron chi connectivity index (χ2n) is 11.4. The van der Waals surface area contributed by atoms with Crippen LogP contribution in [-0.2, 0) is 12.8 Å². The average molecular weight is 509 g/mol. The Bertz CT molecular complexity index is 1220. The predicted octanol–water partition coefficient (Wildman–Crippen LogP) is 10.6. The summed E-state index contributed by atoms with van der Waals surface area (Å²) in [6.45, 7) is 6.03. The van der Waals surface area contributed by atoms with Gasteiger partial charge in [-0.1, -0.05) is 119 Å². The van der Waals surface area contributed by atoms with Crippen molar-refractivity contribution in [2.45, 2.75) is 96.8 Å². The summed E-state index contributed by atoms with van der Waals surface area (Å²) in [6.07, 6.45) is 20.1. The summed E-state index contributed by atoms with van der Waals surface area (Å²) in [5.74, 6) is 8.33. The highest BCUT2D eigenvalue weighted by Gasteiger charge is 2.20. The van der Waals surface area contributed by atoms with Crippen molar-refractivity contribution in [2.24, 2.45) is 11.8 Å². The van der Waals surface area contributed by atoms with Gasteiger partial charge in [-0.25, -0.2) is 4.39 Å². The molecule has 1 aliphatic carbocycles. The number of allylic oxidation sites excluding steroid dienone is 1. The van der Waals surface area contributed by atoms with E-state index in [1.54, 1.807) is 0 Å². The smallest absolute Gasteiger partial charge is 0.134 e. The van der Waals surface area contributed by atoms with E-state index in [2.05, 4.69) is 49.6 Å². The highest BCUT2D eigenvalue weighted by atomic mass is 19.1. The fraction of sp³-hybridized carbons (Fsp3) is 0.459. The molecule has 1 fully saturated rings. The SMILES string of the molecule is C=CCCc1ccc2cc(C#Cc3ccc(CCC4CCC(CCCCCCC)CC4)cc3)ccc2c1F. The minimum Gasteiger partial charge on any atom is -0.206 e. The summed E-state index contributed by atoms with van der Waals surface area (Å²) in [5.41, 5.74) is 4.11. The molecule has 4 rings (SSSR count). The molecule has 3 aromatic rings. The second kappa shape index (κ2) is 14.9. The number of aryl methyl sites for hydroxylation is 2. The van der Waals surface area contributed by atoms with E-state index in [4.69, 9.17) is 0 Å². The molecule has 3 aromatic carbocycles. The number of rotatable bonds is 12. The van der Waals surface area contributed by atoms with Gasteiger partial charge in [0.2, 0.25) is 0 Å². The number of hydrogen-bond acceptors (Lipinski definition) is 0. The zero-order chi connectivity index (χ0) is 26.6. The predicted molar refractivity (Wildman–Crippen MR) is 162 cm³/mol. The molecule has 0 atom stereocenters. The first-order chi connectivity index (χ1) is 18.7. The molecule has 1 aliphatic rings. The fourth-order valence-electron chi connectivity index (χ4n) is 5.98. The summed E-state index contributed by atoms with van der Waals surface area (Å²) in [4.78, 5) is 0. The van der Waals surface area contributed by atoms with Crippen molar-refractivity contribution in [3.8, 4) is 11.8 Å². The maximum atomic E-state index is 14.8. The summed E-state index contributed by atoms with van der Waals surface area (Å²) < 4.78 is 14.8. The van der Waals surface area contributed by atoms with Crippen LogP contribution >= 0.6 is 0 Å². The highest BCUT2D eigenvalue weighted by Crippen LogP contribution is 2.34. The minimum atomic E-state index is -0.120. The molecule has 0 amide bonds. The van der Waals surface area contributed by atoms with Crippen LogP contribution in [0.4, 0.5) is 4.39 Å². The molecule has 0 aromatic heterocycles. The molecule has 1 heteroatoms. The molecule has 0 radical (unpaired) electrons. The van der Waals surface area contributed by atoms with E-state index < -0.39 is 0 Å². The van der Waals surface area contributed by atoms with Crippen LogP contribution < -0.4 is 0 Å². The molecule has 0 N–H and O–H groups in total. The van der Waals surface area contributed by atoms with Gasteiger partial charge in [0.25, 0.3) is 0 Å². The molecule has 0 nitrogen and oxygen atoms in total. The molecule has 1 saturated carbocycles. The van der Waals surface area contributed by atoms with Crippen molar-refractivity contribution in [1.29, 1.82) is 0 Å². The molecule has 0 bridgehead atoms. The third-order valence-electron chi connectivity index (χ3n) is 8.48. The van der Waals surface area contributed by atoms with Crippen molar-refractivity contribution in [3.05, 3.63) is 95.3 Å². The fourth-order valence-corrected chi connectivity index (χ4v) is 5.98. The lowest BCUT2D eigenvalue weighted by atomic mass is 9.77. The van der Waals surface area contributed by atoms with Gasteiger partial charge in [-0.05, 0) is 78.3 Å². The van der Waals surface area contributed by atoms with E-state index in [1.165, 1.54) is 82.6 Å². The van der Waals surface area contributed by atoms with Gasteiger partial charge in [0.05, 0.1) is 0 Å². The lowest BCUT2D eigenvalue weighted by molar-refractivity contribution is 0.248. The van der Waals surface area contributed by atoms with Crippen molar-refractivity contribution < 1.29 is 4.39 Å². The summed E-state index contributed by atoms with van der Waals surface area (Å²) in [5, 5.41) is 1.56. The number of hydrogen-bond donors (Lipinski definition) is 0. The third-order valence-corrected chi connectivity index (χ3v) is 8.48. The van der Waals surface area contributed by atoms with Crippen LogP contribution in [0.3, 0.4) is 0 Å². The van der Waals surface area contributed by atoms with Gasteiger partial charge < -0.3 is 0 Å². The largest absolute Gasteiger partial charge is 0.206 e. The van der Waals surface area contributed by atoms with Gasteiger partial charge in [-0.2, -0.15) is 0 Å². The van der Waals surface area contributed by atoms with E-state index in [1.807, 2.05) is 36.4 Å². The molecule has 0 aliphatic heterocycles.